The van der Waals surface area contributed by atoms with Gasteiger partial charge in [0.15, 0.2) is 0 Å². The molecule has 1 fully saturated rings. The van der Waals surface area contributed by atoms with E-state index in [1.807, 2.05) is 17.5 Å². The van der Waals surface area contributed by atoms with Gasteiger partial charge in [0.2, 0.25) is 11.1 Å². The zero-order valence-electron chi connectivity index (χ0n) is 10.2. The molecule has 1 N–H and O–H groups in total. The molecule has 1 aliphatic carbocycles. The average Bonchev–Trinajstić information content (AvgIpc) is 2.91. The quantitative estimate of drug-likeness (QED) is 0.809. The van der Waals surface area contributed by atoms with Gasteiger partial charge in [0.25, 0.3) is 0 Å². The minimum atomic E-state index is 0.0539. The molecule has 6 nitrogen and oxygen atoms in total. The van der Waals surface area contributed by atoms with Gasteiger partial charge in [-0.1, -0.05) is 17.8 Å². The third-order valence-electron chi connectivity index (χ3n) is 2.66. The molecule has 1 aliphatic rings. The van der Waals surface area contributed by atoms with Gasteiger partial charge in [0.1, 0.15) is 0 Å². The molecule has 0 bridgehead atoms. The normalized spacial score (nSPS) is 14.5. The standard InChI is InChI=1S/C11H13N5OS2/c17-10(12-8-3-4-8)7-19-11-13-14-15-16(11)6-9-2-1-5-18-9/h1-2,5,8H,3-4,6-7H2,(H,12,17). The van der Waals surface area contributed by atoms with Gasteiger partial charge in [-0.2, -0.15) is 0 Å². The lowest BCUT2D eigenvalue weighted by Crippen LogP contribution is -2.27. The van der Waals surface area contributed by atoms with E-state index in [9.17, 15) is 4.79 Å². The van der Waals surface area contributed by atoms with Crippen LogP contribution in [0.25, 0.3) is 0 Å². The molecule has 8 heteroatoms. The number of amides is 1. The van der Waals surface area contributed by atoms with E-state index < -0.39 is 0 Å². The maximum atomic E-state index is 11.6. The van der Waals surface area contributed by atoms with Crippen molar-refractivity contribution in [2.45, 2.75) is 30.6 Å². The van der Waals surface area contributed by atoms with Crippen LogP contribution < -0.4 is 5.32 Å². The van der Waals surface area contributed by atoms with Crippen molar-refractivity contribution in [3.05, 3.63) is 22.4 Å². The minimum absolute atomic E-state index is 0.0539. The first-order valence-electron chi connectivity index (χ1n) is 6.02. The van der Waals surface area contributed by atoms with E-state index >= 15 is 0 Å². The van der Waals surface area contributed by atoms with Crippen molar-refractivity contribution in [2.24, 2.45) is 0 Å². The summed E-state index contributed by atoms with van der Waals surface area (Å²) in [6.07, 6.45) is 2.21. The highest BCUT2D eigenvalue weighted by Gasteiger charge is 2.23. The van der Waals surface area contributed by atoms with Crippen molar-refractivity contribution >= 4 is 29.0 Å². The highest BCUT2D eigenvalue weighted by Crippen LogP contribution is 2.20. The summed E-state index contributed by atoms with van der Waals surface area (Å²) in [5, 5.41) is 17.2. The van der Waals surface area contributed by atoms with Crippen molar-refractivity contribution in [1.29, 1.82) is 0 Å². The Hall–Kier alpha value is -1.41. The van der Waals surface area contributed by atoms with Gasteiger partial charge in [0.05, 0.1) is 12.3 Å². The zero-order valence-corrected chi connectivity index (χ0v) is 11.8. The van der Waals surface area contributed by atoms with Crippen LogP contribution in [-0.4, -0.2) is 37.9 Å². The predicted octanol–water partition coefficient (Wildman–Crippen LogP) is 1.15. The summed E-state index contributed by atoms with van der Waals surface area (Å²) in [6, 6.07) is 4.44. The molecule has 0 aliphatic heterocycles. The number of carbonyl (C=O) groups excluding carboxylic acids is 1. The third kappa shape index (κ3) is 3.54. The fraction of sp³-hybridized carbons (Fsp3) is 0.455. The van der Waals surface area contributed by atoms with Crippen LogP contribution in [0.15, 0.2) is 22.7 Å². The second-order valence-electron chi connectivity index (χ2n) is 4.33. The lowest BCUT2D eigenvalue weighted by Gasteiger charge is -2.03. The number of hydrogen-bond donors (Lipinski definition) is 1. The summed E-state index contributed by atoms with van der Waals surface area (Å²) in [5.74, 6) is 0.416. The molecule has 2 aromatic rings. The molecule has 19 heavy (non-hydrogen) atoms. The van der Waals surface area contributed by atoms with E-state index in [2.05, 4.69) is 20.8 Å². The summed E-state index contributed by atoms with van der Waals surface area (Å²) in [5.41, 5.74) is 0. The Morgan fingerprint density at radius 3 is 3.21 bits per heavy atom. The Kier molecular flexibility index (Phi) is 3.79. The molecule has 2 aromatic heterocycles. The molecular formula is C11H13N5OS2. The van der Waals surface area contributed by atoms with Crippen LogP contribution in [0.4, 0.5) is 0 Å². The number of thiophene rings is 1. The molecule has 1 saturated carbocycles. The van der Waals surface area contributed by atoms with Gasteiger partial charge in [-0.3, -0.25) is 4.79 Å². The smallest absolute Gasteiger partial charge is 0.230 e. The molecule has 0 saturated heterocycles. The number of tetrazole rings is 1. The first-order chi connectivity index (χ1) is 9.31. The van der Waals surface area contributed by atoms with E-state index in [-0.39, 0.29) is 5.91 Å². The maximum absolute atomic E-state index is 11.6. The number of nitrogens with zero attached hydrogens (tertiary/aromatic N) is 4. The zero-order chi connectivity index (χ0) is 13.1. The highest BCUT2D eigenvalue weighted by atomic mass is 32.2. The van der Waals surface area contributed by atoms with Crippen molar-refractivity contribution in [2.75, 3.05) is 5.75 Å². The Labute approximate surface area is 118 Å². The number of nitrogens with one attached hydrogen (secondary N) is 1. The van der Waals surface area contributed by atoms with E-state index in [4.69, 9.17) is 0 Å². The fourth-order valence-corrected chi connectivity index (χ4v) is 2.95. The van der Waals surface area contributed by atoms with Crippen molar-refractivity contribution in [3.8, 4) is 0 Å². The molecular weight excluding hydrogens is 282 g/mol. The van der Waals surface area contributed by atoms with Crippen LogP contribution in [-0.2, 0) is 11.3 Å². The molecule has 0 atom stereocenters. The number of aromatic nitrogens is 4. The average molecular weight is 295 g/mol. The topological polar surface area (TPSA) is 72.7 Å². The number of thioether (sulfide) groups is 1. The van der Waals surface area contributed by atoms with Crippen molar-refractivity contribution in [1.82, 2.24) is 25.5 Å². The van der Waals surface area contributed by atoms with Crippen LogP contribution in [0.1, 0.15) is 17.7 Å². The van der Waals surface area contributed by atoms with E-state index in [1.165, 1.54) is 16.6 Å². The summed E-state index contributed by atoms with van der Waals surface area (Å²) in [7, 11) is 0. The van der Waals surface area contributed by atoms with E-state index in [0.29, 0.717) is 23.5 Å². The molecule has 0 unspecified atom stereocenters. The molecule has 0 spiro atoms. The van der Waals surface area contributed by atoms with Gasteiger partial charge >= 0.3 is 0 Å². The lowest BCUT2D eigenvalue weighted by molar-refractivity contribution is -0.118. The first-order valence-corrected chi connectivity index (χ1v) is 7.88. The Morgan fingerprint density at radius 2 is 2.47 bits per heavy atom. The molecule has 2 heterocycles. The summed E-state index contributed by atoms with van der Waals surface area (Å²) >= 11 is 3.04. The molecule has 0 aromatic carbocycles. The Balaban J connectivity index is 1.55. The minimum Gasteiger partial charge on any atom is -0.353 e. The number of rotatable bonds is 6. The monoisotopic (exact) mass is 295 g/mol. The summed E-state index contributed by atoms with van der Waals surface area (Å²) in [6.45, 7) is 0.650. The second kappa shape index (κ2) is 5.70. The number of carbonyl (C=O) groups is 1. The van der Waals surface area contributed by atoms with E-state index in [1.54, 1.807) is 16.0 Å². The summed E-state index contributed by atoms with van der Waals surface area (Å²) < 4.78 is 1.72. The SMILES string of the molecule is O=C(CSc1nnnn1Cc1cccs1)NC1CC1. The van der Waals surface area contributed by atoms with Crippen LogP contribution in [0.5, 0.6) is 0 Å². The first kappa shape index (κ1) is 12.6. The van der Waals surface area contributed by atoms with Crippen LogP contribution in [0.3, 0.4) is 0 Å². The fourth-order valence-electron chi connectivity index (χ4n) is 1.58. The van der Waals surface area contributed by atoms with Gasteiger partial charge in [-0.25, -0.2) is 4.68 Å². The molecule has 3 rings (SSSR count). The maximum Gasteiger partial charge on any atom is 0.230 e. The van der Waals surface area contributed by atoms with Crippen molar-refractivity contribution < 1.29 is 4.79 Å². The lowest BCUT2D eigenvalue weighted by atomic mass is 10.5. The molecule has 100 valence electrons. The second-order valence-corrected chi connectivity index (χ2v) is 6.30. The number of hydrogen-bond acceptors (Lipinski definition) is 6. The Bertz CT molecular complexity index is 549. The van der Waals surface area contributed by atoms with Crippen molar-refractivity contribution in [3.63, 3.8) is 0 Å². The molecule has 1 amide bonds. The largest absolute Gasteiger partial charge is 0.353 e. The van der Waals surface area contributed by atoms with Gasteiger partial charge in [0, 0.05) is 10.9 Å². The summed E-state index contributed by atoms with van der Waals surface area (Å²) in [4.78, 5) is 12.8. The van der Waals surface area contributed by atoms with Crippen LogP contribution >= 0.6 is 23.1 Å². The van der Waals surface area contributed by atoms with Gasteiger partial charge in [-0.15, -0.1) is 16.4 Å². The van der Waals surface area contributed by atoms with Gasteiger partial charge in [-0.05, 0) is 34.7 Å². The van der Waals surface area contributed by atoms with Crippen LogP contribution in [0.2, 0.25) is 0 Å². The van der Waals surface area contributed by atoms with Gasteiger partial charge < -0.3 is 5.32 Å². The molecule has 0 radical (unpaired) electrons. The predicted molar refractivity (Wildman–Crippen MR) is 73.1 cm³/mol. The Morgan fingerprint density at radius 1 is 1.58 bits per heavy atom. The third-order valence-corrected chi connectivity index (χ3v) is 4.48. The highest BCUT2D eigenvalue weighted by molar-refractivity contribution is 7.99. The van der Waals surface area contributed by atoms with Crippen LogP contribution in [0, 0.1) is 0 Å². The van der Waals surface area contributed by atoms with E-state index in [0.717, 1.165) is 12.8 Å².